The molecular weight excluding hydrogens is 1060 g/mol. The summed E-state index contributed by atoms with van der Waals surface area (Å²) in [5, 5.41) is 0. The Morgan fingerprint density at radius 3 is 1.19 bits per heavy atom. The maximum atomic E-state index is 15.6. The molecule has 0 saturated heterocycles. The summed E-state index contributed by atoms with van der Waals surface area (Å²) in [6.07, 6.45) is 29.7. The summed E-state index contributed by atoms with van der Waals surface area (Å²) >= 11 is -4.97. The van der Waals surface area contributed by atoms with Crippen LogP contribution in [-0.4, -0.2) is 13.1 Å². The van der Waals surface area contributed by atoms with E-state index < -0.39 is 30.0 Å². The molecule has 400 valence electrons. The SMILES string of the molecule is Cl.Cl.[CH3][Zr](=[SiH2])([CH2]CC(F)(F)F)([CH]1C(CC2C3CC4CC(C3)CC2C4)=Cc2c(-c3ccc(C4CCCCC4)cc3)cccc21)[CH]1C(CC2C3CC4CC(C3)CC2C4)=Cc2c(-c3ccc(C4CCCCC4)cc3)cccc21. The van der Waals surface area contributed by atoms with Crippen molar-refractivity contribution in [2.24, 2.45) is 59.2 Å². The average Bonchev–Trinajstić information content (AvgIpc) is 3.98. The fourth-order valence-corrected chi connectivity index (χ4v) is 44.5. The number of halogens is 5. The van der Waals surface area contributed by atoms with Crippen LogP contribution in [0, 0.1) is 59.2 Å². The predicted octanol–water partition coefficient (Wildman–Crippen LogP) is 20.1. The third-order valence-electron chi connectivity index (χ3n) is 23.5. The molecule has 12 aliphatic rings. The van der Waals surface area contributed by atoms with Gasteiger partial charge in [0, 0.05) is 0 Å². The van der Waals surface area contributed by atoms with Gasteiger partial charge in [-0.2, -0.15) is 0 Å². The van der Waals surface area contributed by atoms with Crippen LogP contribution in [0.3, 0.4) is 0 Å². The molecule has 10 fully saturated rings. The summed E-state index contributed by atoms with van der Waals surface area (Å²) in [5.74, 6) is 9.28. The quantitative estimate of drug-likeness (QED) is 0.124. The summed E-state index contributed by atoms with van der Waals surface area (Å²) in [4.78, 5) is 0. The van der Waals surface area contributed by atoms with Crippen LogP contribution in [0.5, 0.6) is 0 Å². The van der Waals surface area contributed by atoms with Crippen molar-refractivity contribution in [1.29, 1.82) is 0 Å². The molecule has 0 spiro atoms. The molecule has 0 N–H and O–H groups in total. The first-order chi connectivity index (χ1) is 35.4. The van der Waals surface area contributed by atoms with Gasteiger partial charge < -0.3 is 0 Å². The van der Waals surface area contributed by atoms with Gasteiger partial charge in [-0.05, 0) is 0 Å². The fourth-order valence-electron chi connectivity index (χ4n) is 20.8. The van der Waals surface area contributed by atoms with Crippen molar-refractivity contribution < 1.29 is 30.6 Å². The van der Waals surface area contributed by atoms with Gasteiger partial charge in [0.1, 0.15) is 0 Å². The zero-order chi connectivity index (χ0) is 49.2. The molecule has 2 unspecified atom stereocenters. The molecule has 0 amide bonds. The normalized spacial score (nSPS) is 32.9. The summed E-state index contributed by atoms with van der Waals surface area (Å²) in [7, 11) is 0. The Kier molecular flexibility index (Phi) is 14.8. The summed E-state index contributed by atoms with van der Waals surface area (Å²) in [6, 6.07) is 33.5. The van der Waals surface area contributed by atoms with Gasteiger partial charge in [0.2, 0.25) is 0 Å². The first-order valence-electron chi connectivity index (χ1n) is 30.4. The molecule has 0 aliphatic heterocycles. The second-order valence-electron chi connectivity index (χ2n) is 28.1. The third kappa shape index (κ3) is 9.72. The number of allylic oxidation sites excluding steroid dienone is 2. The molecule has 0 heterocycles. The van der Waals surface area contributed by atoms with Crippen LogP contribution in [-0.2, 0) is 17.4 Å². The van der Waals surface area contributed by atoms with Crippen molar-refractivity contribution in [3.8, 4) is 22.3 Å². The number of hydrogen-bond acceptors (Lipinski definition) is 0. The Labute approximate surface area is 463 Å². The van der Waals surface area contributed by atoms with Crippen molar-refractivity contribution in [2.75, 3.05) is 0 Å². The standard InChI is InChI=1S/2C32H37.C3H4F3.CH3.2ClH.H2Si.Zr/c2*1-2-5-24(6-3-1)25-9-11-26(12-10-25)30-8-4-7-27-14-23(20-32(27)30)19-31-28-15-21-13-22(17-28)18-29(31)16-21;1-2-3(4,5)6;;;;;/h2*4,7-12,14,20-22,24,28-29,31H,1-3,5-6,13,15-19H2;1-2H2;1H3;2*1H;1H2;. The zero-order valence-corrected chi connectivity index (χ0v) is 50.5. The fraction of sp³-hybridized carbons (Fsp3) is 0.588. The number of hydrogen-bond donors (Lipinski definition) is 0. The Bertz CT molecular complexity index is 2650. The van der Waals surface area contributed by atoms with Gasteiger partial charge in [0.05, 0.1) is 0 Å². The van der Waals surface area contributed by atoms with Crippen molar-refractivity contribution in [2.45, 2.75) is 182 Å². The van der Waals surface area contributed by atoms with Gasteiger partial charge in [0.15, 0.2) is 0 Å². The van der Waals surface area contributed by atoms with Crippen LogP contribution >= 0.6 is 24.8 Å². The van der Waals surface area contributed by atoms with E-state index in [-0.39, 0.29) is 32.1 Å². The average molecular weight is 1150 g/mol. The Morgan fingerprint density at radius 1 is 0.480 bits per heavy atom. The maximum absolute atomic E-state index is 15.6. The van der Waals surface area contributed by atoms with E-state index >= 15 is 13.2 Å². The molecule has 4 aromatic rings. The van der Waals surface area contributed by atoms with E-state index in [1.165, 1.54) is 184 Å². The van der Waals surface area contributed by atoms with E-state index in [2.05, 4.69) is 109 Å². The Morgan fingerprint density at radius 2 is 0.840 bits per heavy atom. The van der Waals surface area contributed by atoms with Crippen molar-refractivity contribution in [1.82, 2.24) is 0 Å². The van der Waals surface area contributed by atoms with Crippen molar-refractivity contribution in [3.63, 3.8) is 0 Å². The van der Waals surface area contributed by atoms with Gasteiger partial charge in [-0.1, -0.05) is 0 Å². The van der Waals surface area contributed by atoms with Gasteiger partial charge in [-0.3, -0.25) is 0 Å². The van der Waals surface area contributed by atoms with Gasteiger partial charge in [-0.25, -0.2) is 0 Å². The van der Waals surface area contributed by atoms with Gasteiger partial charge in [-0.15, -0.1) is 24.8 Å². The topological polar surface area (TPSA) is 0 Å². The molecular formula is C68H85Cl2F3SiZr. The number of fused-ring (bicyclic) bond motifs is 2. The summed E-state index contributed by atoms with van der Waals surface area (Å²) in [5.41, 5.74) is 16.6. The molecule has 10 saturated carbocycles. The molecule has 0 nitrogen and oxygen atoms in total. The molecule has 0 aromatic heterocycles. The Hall–Kier alpha value is -2.17. The van der Waals surface area contributed by atoms with E-state index in [1.807, 2.05) is 0 Å². The molecule has 75 heavy (non-hydrogen) atoms. The monoisotopic (exact) mass is 1150 g/mol. The Balaban J connectivity index is 0.00000284. The third-order valence-corrected chi connectivity index (χ3v) is 46.4. The summed E-state index contributed by atoms with van der Waals surface area (Å²) < 4.78 is 49.8. The minimum absolute atomic E-state index is 0. The van der Waals surface area contributed by atoms with Crippen molar-refractivity contribution >= 4 is 43.8 Å². The second kappa shape index (κ2) is 20.7. The van der Waals surface area contributed by atoms with E-state index in [0.717, 1.165) is 60.2 Å². The first kappa shape index (κ1) is 53.5. The summed E-state index contributed by atoms with van der Waals surface area (Å²) in [6.45, 7) is 2.26. The number of alkyl halides is 3. The van der Waals surface area contributed by atoms with Crippen LogP contribution < -0.4 is 0 Å². The minimum atomic E-state index is -4.97. The van der Waals surface area contributed by atoms with Crippen LogP contribution in [0.25, 0.3) is 34.4 Å². The molecule has 0 radical (unpaired) electrons. The van der Waals surface area contributed by atoms with E-state index in [4.69, 9.17) is 0 Å². The van der Waals surface area contributed by atoms with Crippen molar-refractivity contribution in [3.05, 3.63) is 129 Å². The van der Waals surface area contributed by atoms with E-state index in [9.17, 15) is 0 Å². The van der Waals surface area contributed by atoms with Crippen LogP contribution in [0.2, 0.25) is 8.76 Å². The van der Waals surface area contributed by atoms with Crippen LogP contribution in [0.1, 0.15) is 200 Å². The second-order valence-corrected chi connectivity index (χ2v) is 56.5. The number of benzene rings is 4. The molecule has 4 aromatic carbocycles. The number of rotatable bonds is 12. The van der Waals surface area contributed by atoms with Gasteiger partial charge in [0.25, 0.3) is 0 Å². The van der Waals surface area contributed by atoms with Crippen LogP contribution in [0.15, 0.2) is 96.1 Å². The molecule has 8 bridgehead atoms. The van der Waals surface area contributed by atoms with E-state index in [1.54, 1.807) is 11.1 Å². The molecule has 12 aliphatic carbocycles. The molecule has 16 rings (SSSR count). The van der Waals surface area contributed by atoms with Gasteiger partial charge >= 0.3 is 442 Å². The predicted molar refractivity (Wildman–Crippen MR) is 312 cm³/mol. The molecule has 2 atom stereocenters. The zero-order valence-electron chi connectivity index (χ0n) is 44.9. The van der Waals surface area contributed by atoms with Crippen LogP contribution in [0.4, 0.5) is 13.2 Å². The first-order valence-corrected chi connectivity index (χ1v) is 43.3. The molecule has 7 heteroatoms. The van der Waals surface area contributed by atoms with E-state index in [0.29, 0.717) is 27.8 Å².